The fourth-order valence-corrected chi connectivity index (χ4v) is 1.92. The van der Waals surface area contributed by atoms with E-state index in [1.807, 2.05) is 30.5 Å². The number of benzene rings is 1. The standard InChI is InChI=1S/C12H14N2OS/c13-12(16)10-2-3-11-9(8-10)4-6-14(11)5-1-7-15/h2-4,6,8,15H,1,5,7H2,(H2,13,16). The van der Waals surface area contributed by atoms with Crippen molar-refractivity contribution in [3.63, 3.8) is 0 Å². The molecule has 16 heavy (non-hydrogen) atoms. The van der Waals surface area contributed by atoms with Gasteiger partial charge in [-0.05, 0) is 30.7 Å². The second-order valence-electron chi connectivity index (χ2n) is 3.72. The summed E-state index contributed by atoms with van der Waals surface area (Å²) in [5.74, 6) is 0. The molecule has 0 atom stereocenters. The Bertz CT molecular complexity index is 519. The topological polar surface area (TPSA) is 51.2 Å². The Hall–Kier alpha value is -1.39. The lowest BCUT2D eigenvalue weighted by Crippen LogP contribution is -2.08. The molecule has 0 radical (unpaired) electrons. The van der Waals surface area contributed by atoms with Crippen molar-refractivity contribution in [1.29, 1.82) is 0 Å². The van der Waals surface area contributed by atoms with Gasteiger partial charge < -0.3 is 15.4 Å². The number of aryl methyl sites for hydroxylation is 1. The molecule has 84 valence electrons. The summed E-state index contributed by atoms with van der Waals surface area (Å²) in [5.41, 5.74) is 7.62. The number of rotatable bonds is 4. The Labute approximate surface area is 99.5 Å². The largest absolute Gasteiger partial charge is 0.396 e. The summed E-state index contributed by atoms with van der Waals surface area (Å²) in [6.45, 7) is 1.04. The zero-order valence-electron chi connectivity index (χ0n) is 8.89. The van der Waals surface area contributed by atoms with E-state index in [0.717, 1.165) is 29.4 Å². The van der Waals surface area contributed by atoms with E-state index < -0.39 is 0 Å². The first-order chi connectivity index (χ1) is 7.72. The number of hydrogen-bond donors (Lipinski definition) is 2. The van der Waals surface area contributed by atoms with Crippen molar-refractivity contribution in [3.05, 3.63) is 36.0 Å². The SMILES string of the molecule is NC(=S)c1ccc2c(ccn2CCCO)c1. The van der Waals surface area contributed by atoms with Crippen molar-refractivity contribution in [2.75, 3.05) is 6.61 Å². The van der Waals surface area contributed by atoms with Crippen LogP contribution in [0.25, 0.3) is 10.9 Å². The van der Waals surface area contributed by atoms with Gasteiger partial charge in [-0.2, -0.15) is 0 Å². The molecule has 2 rings (SSSR count). The maximum atomic E-state index is 8.81. The normalized spacial score (nSPS) is 10.8. The van der Waals surface area contributed by atoms with Gasteiger partial charge in [-0.1, -0.05) is 12.2 Å². The Balaban J connectivity index is 2.38. The van der Waals surface area contributed by atoms with E-state index in [-0.39, 0.29) is 6.61 Å². The Morgan fingerprint density at radius 3 is 2.88 bits per heavy atom. The Morgan fingerprint density at radius 1 is 1.38 bits per heavy atom. The van der Waals surface area contributed by atoms with Gasteiger partial charge in [0.05, 0.1) is 0 Å². The van der Waals surface area contributed by atoms with Crippen molar-refractivity contribution >= 4 is 28.1 Å². The van der Waals surface area contributed by atoms with Gasteiger partial charge in [-0.25, -0.2) is 0 Å². The highest BCUT2D eigenvalue weighted by Crippen LogP contribution is 2.18. The van der Waals surface area contributed by atoms with Crippen LogP contribution in [0.5, 0.6) is 0 Å². The summed E-state index contributed by atoms with van der Waals surface area (Å²) >= 11 is 4.94. The number of fused-ring (bicyclic) bond motifs is 1. The van der Waals surface area contributed by atoms with Crippen LogP contribution in [0.1, 0.15) is 12.0 Å². The molecule has 3 nitrogen and oxygen atoms in total. The molecule has 0 saturated carbocycles. The summed E-state index contributed by atoms with van der Waals surface area (Å²) in [5, 5.41) is 9.94. The number of nitrogens with zero attached hydrogens (tertiary/aromatic N) is 1. The number of nitrogens with two attached hydrogens (primary N) is 1. The zero-order valence-corrected chi connectivity index (χ0v) is 9.70. The molecule has 1 aromatic carbocycles. The molecular weight excluding hydrogens is 220 g/mol. The van der Waals surface area contributed by atoms with E-state index in [1.165, 1.54) is 0 Å². The van der Waals surface area contributed by atoms with Crippen LogP contribution in [0.15, 0.2) is 30.5 Å². The van der Waals surface area contributed by atoms with Crippen molar-refractivity contribution < 1.29 is 5.11 Å². The number of aliphatic hydroxyl groups is 1. The highest BCUT2D eigenvalue weighted by molar-refractivity contribution is 7.80. The lowest BCUT2D eigenvalue weighted by molar-refractivity contribution is 0.280. The highest BCUT2D eigenvalue weighted by atomic mass is 32.1. The maximum absolute atomic E-state index is 8.81. The molecule has 0 spiro atoms. The number of hydrogen-bond acceptors (Lipinski definition) is 2. The minimum Gasteiger partial charge on any atom is -0.396 e. The van der Waals surface area contributed by atoms with Crippen LogP contribution in [0, 0.1) is 0 Å². The van der Waals surface area contributed by atoms with Crippen molar-refractivity contribution in [2.24, 2.45) is 5.73 Å². The van der Waals surface area contributed by atoms with Gasteiger partial charge in [0.2, 0.25) is 0 Å². The van der Waals surface area contributed by atoms with Crippen LogP contribution in [0.2, 0.25) is 0 Å². The monoisotopic (exact) mass is 234 g/mol. The molecule has 2 aromatic rings. The van der Waals surface area contributed by atoms with Gasteiger partial charge in [0, 0.05) is 35.8 Å². The fourth-order valence-electron chi connectivity index (χ4n) is 1.79. The van der Waals surface area contributed by atoms with E-state index in [2.05, 4.69) is 4.57 Å². The maximum Gasteiger partial charge on any atom is 0.104 e. The van der Waals surface area contributed by atoms with Crippen molar-refractivity contribution in [2.45, 2.75) is 13.0 Å². The smallest absolute Gasteiger partial charge is 0.104 e. The molecular formula is C12H14N2OS. The van der Waals surface area contributed by atoms with Crippen LogP contribution < -0.4 is 5.73 Å². The molecule has 0 aliphatic rings. The molecule has 3 N–H and O–H groups in total. The first kappa shape index (κ1) is 11.1. The third kappa shape index (κ3) is 2.08. The van der Waals surface area contributed by atoms with Crippen LogP contribution in [-0.4, -0.2) is 21.3 Å². The molecule has 0 saturated heterocycles. The number of aromatic nitrogens is 1. The first-order valence-electron chi connectivity index (χ1n) is 5.22. The third-order valence-corrected chi connectivity index (χ3v) is 2.85. The van der Waals surface area contributed by atoms with Gasteiger partial charge in [0.15, 0.2) is 0 Å². The molecule has 1 aromatic heterocycles. The fraction of sp³-hybridized carbons (Fsp3) is 0.250. The van der Waals surface area contributed by atoms with Crippen LogP contribution in [0.3, 0.4) is 0 Å². The zero-order chi connectivity index (χ0) is 11.5. The Kier molecular flexibility index (Phi) is 3.22. The second-order valence-corrected chi connectivity index (χ2v) is 4.16. The molecule has 0 aliphatic carbocycles. The van der Waals surface area contributed by atoms with E-state index in [1.54, 1.807) is 0 Å². The minimum atomic E-state index is 0.213. The van der Waals surface area contributed by atoms with Gasteiger partial charge >= 0.3 is 0 Å². The van der Waals surface area contributed by atoms with E-state index in [4.69, 9.17) is 23.1 Å². The average Bonchev–Trinajstić information content (AvgIpc) is 2.68. The third-order valence-electron chi connectivity index (χ3n) is 2.61. The van der Waals surface area contributed by atoms with Crippen molar-refractivity contribution in [1.82, 2.24) is 4.57 Å². The van der Waals surface area contributed by atoms with Gasteiger partial charge in [-0.15, -0.1) is 0 Å². The molecule has 1 heterocycles. The molecule has 0 bridgehead atoms. The molecule has 0 unspecified atom stereocenters. The van der Waals surface area contributed by atoms with Crippen molar-refractivity contribution in [3.8, 4) is 0 Å². The second kappa shape index (κ2) is 4.63. The van der Waals surface area contributed by atoms with Gasteiger partial charge in [0.25, 0.3) is 0 Å². The van der Waals surface area contributed by atoms with Crippen LogP contribution >= 0.6 is 12.2 Å². The highest BCUT2D eigenvalue weighted by Gasteiger charge is 2.03. The lowest BCUT2D eigenvalue weighted by Gasteiger charge is -2.04. The predicted molar refractivity (Wildman–Crippen MR) is 69.5 cm³/mol. The minimum absolute atomic E-state index is 0.213. The summed E-state index contributed by atoms with van der Waals surface area (Å²) in [6.07, 6.45) is 2.78. The summed E-state index contributed by atoms with van der Waals surface area (Å²) in [6, 6.07) is 7.98. The van der Waals surface area contributed by atoms with Crippen LogP contribution in [-0.2, 0) is 6.54 Å². The number of aliphatic hydroxyl groups excluding tert-OH is 1. The first-order valence-corrected chi connectivity index (χ1v) is 5.63. The summed E-state index contributed by atoms with van der Waals surface area (Å²) < 4.78 is 2.12. The quantitative estimate of drug-likeness (QED) is 0.791. The predicted octanol–water partition coefficient (Wildman–Crippen LogP) is 1.66. The van der Waals surface area contributed by atoms with Gasteiger partial charge in [-0.3, -0.25) is 0 Å². The average molecular weight is 234 g/mol. The van der Waals surface area contributed by atoms with E-state index >= 15 is 0 Å². The molecule has 0 aliphatic heterocycles. The van der Waals surface area contributed by atoms with Gasteiger partial charge in [0.1, 0.15) is 4.99 Å². The molecule has 4 heteroatoms. The lowest BCUT2D eigenvalue weighted by atomic mass is 10.1. The molecule has 0 fully saturated rings. The molecule has 0 amide bonds. The van der Waals surface area contributed by atoms with E-state index in [0.29, 0.717) is 4.99 Å². The van der Waals surface area contributed by atoms with E-state index in [9.17, 15) is 0 Å². The Morgan fingerprint density at radius 2 is 2.19 bits per heavy atom. The summed E-state index contributed by atoms with van der Waals surface area (Å²) in [7, 11) is 0. The van der Waals surface area contributed by atoms with Crippen LogP contribution in [0.4, 0.5) is 0 Å². The number of thiocarbonyl (C=S) groups is 1. The summed E-state index contributed by atoms with van der Waals surface area (Å²) in [4.78, 5) is 0.421.